The molecule has 4 nitrogen and oxygen atoms in total. The van der Waals surface area contributed by atoms with E-state index < -0.39 is 17.7 Å². The smallest absolute Gasteiger partial charge is 0.354 e. The van der Waals surface area contributed by atoms with Crippen LogP contribution in [0, 0.1) is 5.82 Å². The van der Waals surface area contributed by atoms with Gasteiger partial charge in [0.15, 0.2) is 5.69 Å². The van der Waals surface area contributed by atoms with Crippen LogP contribution in [-0.4, -0.2) is 16.5 Å². The average molecular weight is 335 g/mol. The number of hydrogen-bond acceptors (Lipinski definition) is 4. The lowest BCUT2D eigenvalue weighted by Gasteiger charge is -2.12. The van der Waals surface area contributed by atoms with Crippen molar-refractivity contribution in [3.8, 4) is 0 Å². The van der Waals surface area contributed by atoms with E-state index in [4.69, 9.17) is 11.6 Å². The second-order valence-electron chi connectivity index (χ2n) is 4.24. The van der Waals surface area contributed by atoms with Crippen molar-refractivity contribution in [1.29, 1.82) is 0 Å². The Morgan fingerprint density at radius 2 is 1.91 bits per heavy atom. The van der Waals surface area contributed by atoms with Gasteiger partial charge in [0.05, 0.1) is 5.69 Å². The predicted octanol–water partition coefficient (Wildman–Crippen LogP) is 4.46. The maximum absolute atomic E-state index is 13.6. The molecule has 2 N–H and O–H groups in total. The molecule has 118 valence electrons. The molecule has 0 spiro atoms. The fourth-order valence-electron chi connectivity index (χ4n) is 1.62. The van der Waals surface area contributed by atoms with Crippen molar-refractivity contribution in [2.45, 2.75) is 13.1 Å². The van der Waals surface area contributed by atoms with Crippen molar-refractivity contribution in [3.05, 3.63) is 40.8 Å². The molecule has 0 aliphatic heterocycles. The number of rotatable bonds is 4. The van der Waals surface area contributed by atoms with E-state index >= 15 is 0 Å². The molecular weight excluding hydrogens is 324 g/mol. The Morgan fingerprint density at radius 3 is 2.55 bits per heavy atom. The zero-order valence-electron chi connectivity index (χ0n) is 11.3. The van der Waals surface area contributed by atoms with E-state index in [1.807, 2.05) is 0 Å². The Morgan fingerprint density at radius 1 is 1.18 bits per heavy atom. The highest BCUT2D eigenvalue weighted by Crippen LogP contribution is 2.31. The molecule has 0 unspecified atom stereocenters. The molecule has 0 saturated heterocycles. The number of nitrogens with zero attached hydrogens (tertiary/aromatic N) is 2. The summed E-state index contributed by atoms with van der Waals surface area (Å²) < 4.78 is 52.1. The van der Waals surface area contributed by atoms with Gasteiger partial charge in [-0.3, -0.25) is 0 Å². The number of aromatic nitrogens is 2. The molecule has 22 heavy (non-hydrogen) atoms. The van der Waals surface area contributed by atoms with Crippen molar-refractivity contribution in [2.24, 2.45) is 0 Å². The Labute approximate surface area is 128 Å². The molecule has 1 aromatic heterocycles. The monoisotopic (exact) mass is 334 g/mol. The normalized spacial score (nSPS) is 11.4. The lowest BCUT2D eigenvalue weighted by Crippen LogP contribution is -2.13. The molecule has 0 radical (unpaired) electrons. The molecule has 0 fully saturated rings. The fourth-order valence-corrected chi connectivity index (χ4v) is 1.80. The highest BCUT2D eigenvalue weighted by molar-refractivity contribution is 6.30. The molecule has 2 rings (SSSR count). The first-order valence-electron chi connectivity index (χ1n) is 6.22. The van der Waals surface area contributed by atoms with Gasteiger partial charge in [-0.15, -0.1) is 0 Å². The van der Waals surface area contributed by atoms with Gasteiger partial charge in [0.1, 0.15) is 11.6 Å². The van der Waals surface area contributed by atoms with Crippen LogP contribution in [0.15, 0.2) is 24.3 Å². The second kappa shape index (κ2) is 6.35. The maximum atomic E-state index is 13.6. The molecule has 0 aliphatic rings. The van der Waals surface area contributed by atoms with Crippen molar-refractivity contribution >= 4 is 29.1 Å². The van der Waals surface area contributed by atoms with E-state index in [1.54, 1.807) is 6.92 Å². The number of anilines is 3. The Bertz CT molecular complexity index is 676. The molecule has 0 bridgehead atoms. The topological polar surface area (TPSA) is 49.8 Å². The summed E-state index contributed by atoms with van der Waals surface area (Å²) in [6.07, 6.45) is -4.64. The molecule has 9 heteroatoms. The van der Waals surface area contributed by atoms with Crippen LogP contribution in [-0.2, 0) is 6.18 Å². The maximum Gasteiger partial charge on any atom is 0.433 e. The first-order chi connectivity index (χ1) is 10.3. The van der Waals surface area contributed by atoms with E-state index in [0.29, 0.717) is 12.6 Å². The van der Waals surface area contributed by atoms with Crippen LogP contribution in [0.1, 0.15) is 12.6 Å². The lowest BCUT2D eigenvalue weighted by atomic mass is 10.3. The van der Waals surface area contributed by atoms with Gasteiger partial charge in [-0.1, -0.05) is 11.6 Å². The summed E-state index contributed by atoms with van der Waals surface area (Å²) in [5, 5.41) is 5.30. The lowest BCUT2D eigenvalue weighted by molar-refractivity contribution is -0.141. The molecule has 0 saturated carbocycles. The van der Waals surface area contributed by atoms with Crippen molar-refractivity contribution in [1.82, 2.24) is 9.97 Å². The van der Waals surface area contributed by atoms with Crippen molar-refractivity contribution < 1.29 is 17.6 Å². The third-order valence-electron chi connectivity index (χ3n) is 2.54. The highest BCUT2D eigenvalue weighted by atomic mass is 35.5. The minimum atomic E-state index is -4.64. The fraction of sp³-hybridized carbons (Fsp3) is 0.231. The molecule has 1 aromatic carbocycles. The first-order valence-corrected chi connectivity index (χ1v) is 6.59. The Hall–Kier alpha value is -2.09. The summed E-state index contributed by atoms with van der Waals surface area (Å²) in [6.45, 7) is 2.03. The molecule has 2 aromatic rings. The van der Waals surface area contributed by atoms with Crippen LogP contribution >= 0.6 is 11.6 Å². The summed E-state index contributed by atoms with van der Waals surface area (Å²) in [7, 11) is 0. The zero-order valence-corrected chi connectivity index (χ0v) is 12.1. The third kappa shape index (κ3) is 3.97. The minimum absolute atomic E-state index is 0.0817. The number of nitrogens with one attached hydrogen (secondary N) is 2. The number of alkyl halides is 3. The summed E-state index contributed by atoms with van der Waals surface area (Å²) >= 11 is 5.74. The number of benzene rings is 1. The van der Waals surface area contributed by atoms with E-state index in [2.05, 4.69) is 20.6 Å². The van der Waals surface area contributed by atoms with Gasteiger partial charge in [-0.25, -0.2) is 9.37 Å². The number of halogens is 5. The predicted molar refractivity (Wildman–Crippen MR) is 75.9 cm³/mol. The van der Waals surface area contributed by atoms with Crippen molar-refractivity contribution in [3.63, 3.8) is 0 Å². The molecule has 0 atom stereocenters. The van der Waals surface area contributed by atoms with Crippen LogP contribution in [0.2, 0.25) is 5.02 Å². The zero-order chi connectivity index (χ0) is 16.3. The van der Waals surface area contributed by atoms with Crippen LogP contribution in [0.4, 0.5) is 35.0 Å². The molecule has 1 heterocycles. The van der Waals surface area contributed by atoms with Gasteiger partial charge in [0, 0.05) is 17.6 Å². The second-order valence-corrected chi connectivity index (χ2v) is 4.68. The summed E-state index contributed by atoms with van der Waals surface area (Å²) in [6, 6.07) is 4.37. The van der Waals surface area contributed by atoms with Crippen molar-refractivity contribution in [2.75, 3.05) is 17.2 Å². The van der Waals surface area contributed by atoms with Gasteiger partial charge < -0.3 is 10.6 Å². The van der Waals surface area contributed by atoms with Gasteiger partial charge in [0.2, 0.25) is 5.95 Å². The van der Waals surface area contributed by atoms with Crippen LogP contribution < -0.4 is 10.6 Å². The Kier molecular flexibility index (Phi) is 4.70. The van der Waals surface area contributed by atoms with Gasteiger partial charge in [-0.05, 0) is 25.1 Å². The van der Waals surface area contributed by atoms with Gasteiger partial charge in [-0.2, -0.15) is 18.2 Å². The number of hydrogen-bond donors (Lipinski definition) is 2. The standard InChI is InChI=1S/C13H11ClF4N4/c1-2-19-12-21-10(13(16,17)18)6-11(22-12)20-9-5-7(14)3-4-8(9)15/h3-6H,2H2,1H3,(H2,19,20,21,22). The average Bonchev–Trinajstić information content (AvgIpc) is 2.42. The van der Waals surface area contributed by atoms with Crippen LogP contribution in [0.25, 0.3) is 0 Å². The summed E-state index contributed by atoms with van der Waals surface area (Å²) in [4.78, 5) is 7.23. The SMILES string of the molecule is CCNc1nc(Nc2cc(Cl)ccc2F)cc(C(F)(F)F)n1. The van der Waals surface area contributed by atoms with E-state index in [-0.39, 0.29) is 22.5 Å². The van der Waals surface area contributed by atoms with Gasteiger partial charge >= 0.3 is 6.18 Å². The van der Waals surface area contributed by atoms with E-state index in [9.17, 15) is 17.6 Å². The first kappa shape index (κ1) is 16.3. The molecule has 0 aliphatic carbocycles. The van der Waals surface area contributed by atoms with E-state index in [1.165, 1.54) is 12.1 Å². The quantitative estimate of drug-likeness (QED) is 0.810. The largest absolute Gasteiger partial charge is 0.433 e. The minimum Gasteiger partial charge on any atom is -0.354 e. The third-order valence-corrected chi connectivity index (χ3v) is 2.78. The highest BCUT2D eigenvalue weighted by Gasteiger charge is 2.33. The van der Waals surface area contributed by atoms with Crippen LogP contribution in [0.5, 0.6) is 0 Å². The Balaban J connectivity index is 2.41. The van der Waals surface area contributed by atoms with Gasteiger partial charge in [0.25, 0.3) is 0 Å². The van der Waals surface area contributed by atoms with E-state index in [0.717, 1.165) is 6.07 Å². The summed E-state index contributed by atoms with van der Waals surface area (Å²) in [5.74, 6) is -1.07. The molecule has 0 amide bonds. The summed E-state index contributed by atoms with van der Waals surface area (Å²) in [5.41, 5.74) is -1.22. The molecular formula is C13H11ClF4N4. The van der Waals surface area contributed by atoms with Crippen LogP contribution in [0.3, 0.4) is 0 Å².